The fraction of sp³-hybridized carbons (Fsp3) is 0.364. The minimum Gasteiger partial charge on any atom is -0.494 e. The van der Waals surface area contributed by atoms with Gasteiger partial charge < -0.3 is 4.74 Å². The number of amides is 2. The summed E-state index contributed by atoms with van der Waals surface area (Å²) >= 11 is 5.97. The molecule has 0 spiro atoms. The molecule has 2 amide bonds. The van der Waals surface area contributed by atoms with E-state index >= 15 is 0 Å². The van der Waals surface area contributed by atoms with Gasteiger partial charge in [-0.25, -0.2) is 8.42 Å². The van der Waals surface area contributed by atoms with E-state index in [1.165, 1.54) is 28.6 Å². The van der Waals surface area contributed by atoms with Crippen molar-refractivity contribution in [2.75, 3.05) is 19.7 Å². The van der Waals surface area contributed by atoms with Gasteiger partial charge in [0, 0.05) is 30.1 Å². The third-order valence-corrected chi connectivity index (χ3v) is 7.17. The Kier molecular flexibility index (Phi) is 9.49. The molecule has 2 N–H and O–H groups in total. The molecule has 174 valence electrons. The maximum absolute atomic E-state index is 12.6. The van der Waals surface area contributed by atoms with Crippen LogP contribution in [0.4, 0.5) is 0 Å². The minimum atomic E-state index is -3.69. The first kappa shape index (κ1) is 25.6. The van der Waals surface area contributed by atoms with Crippen molar-refractivity contribution in [3.63, 3.8) is 0 Å². The summed E-state index contributed by atoms with van der Waals surface area (Å²) in [7, 11) is -3.69. The van der Waals surface area contributed by atoms with E-state index in [1.807, 2.05) is 13.0 Å². The topological polar surface area (TPSA) is 105 Å². The fourth-order valence-electron chi connectivity index (χ4n) is 2.90. The molecule has 0 aliphatic rings. The molecule has 0 atom stereocenters. The summed E-state index contributed by atoms with van der Waals surface area (Å²) in [5.74, 6) is -0.329. The first-order chi connectivity index (χ1) is 15.2. The third kappa shape index (κ3) is 6.94. The van der Waals surface area contributed by atoms with Crippen LogP contribution in [0.2, 0.25) is 5.02 Å². The number of hydrogen-bond donors (Lipinski definition) is 2. The average Bonchev–Trinajstić information content (AvgIpc) is 2.78. The fourth-order valence-corrected chi connectivity index (χ4v) is 4.52. The summed E-state index contributed by atoms with van der Waals surface area (Å²) in [6.07, 6.45) is 0.588. The number of halogens is 1. The Balaban J connectivity index is 1.83. The van der Waals surface area contributed by atoms with E-state index in [1.54, 1.807) is 26.0 Å². The molecule has 0 aliphatic carbocycles. The lowest BCUT2D eigenvalue weighted by Gasteiger charge is -2.18. The molecule has 2 aromatic rings. The van der Waals surface area contributed by atoms with Crippen LogP contribution in [0.5, 0.6) is 5.75 Å². The van der Waals surface area contributed by atoms with E-state index in [4.69, 9.17) is 16.3 Å². The molecule has 0 saturated heterocycles. The van der Waals surface area contributed by atoms with Crippen molar-refractivity contribution in [2.24, 2.45) is 0 Å². The van der Waals surface area contributed by atoms with Crippen molar-refractivity contribution >= 4 is 33.4 Å². The number of nitrogens with zero attached hydrogens (tertiary/aromatic N) is 1. The highest BCUT2D eigenvalue weighted by Crippen LogP contribution is 2.21. The highest BCUT2D eigenvalue weighted by Gasteiger charge is 2.22. The Hall–Kier alpha value is -2.62. The second kappa shape index (κ2) is 11.8. The zero-order chi connectivity index (χ0) is 23.7. The Labute approximate surface area is 193 Å². The van der Waals surface area contributed by atoms with E-state index in [0.29, 0.717) is 36.9 Å². The van der Waals surface area contributed by atoms with Gasteiger partial charge in [0.15, 0.2) is 0 Å². The van der Waals surface area contributed by atoms with Gasteiger partial charge in [-0.3, -0.25) is 20.4 Å². The van der Waals surface area contributed by atoms with E-state index in [9.17, 15) is 18.0 Å². The zero-order valence-corrected chi connectivity index (χ0v) is 19.9. The van der Waals surface area contributed by atoms with Gasteiger partial charge in [-0.05, 0) is 55.3 Å². The lowest BCUT2D eigenvalue weighted by Crippen LogP contribution is -2.41. The number of hydrogen-bond acceptors (Lipinski definition) is 5. The lowest BCUT2D eigenvalue weighted by atomic mass is 10.2. The van der Waals surface area contributed by atoms with Crippen molar-refractivity contribution in [3.8, 4) is 5.75 Å². The maximum Gasteiger partial charge on any atom is 0.269 e. The first-order valence-corrected chi connectivity index (χ1v) is 12.1. The predicted octanol–water partition coefficient (Wildman–Crippen LogP) is 3.30. The summed E-state index contributed by atoms with van der Waals surface area (Å²) in [6.45, 7) is 6.34. The molecule has 0 saturated carbocycles. The predicted molar refractivity (Wildman–Crippen MR) is 123 cm³/mol. The van der Waals surface area contributed by atoms with Crippen LogP contribution in [-0.4, -0.2) is 44.2 Å². The quantitative estimate of drug-likeness (QED) is 0.400. The number of carbonyl (C=O) groups excluding carboxylic acids is 2. The number of rotatable bonds is 10. The van der Waals surface area contributed by atoms with Gasteiger partial charge in [0.1, 0.15) is 5.75 Å². The molecule has 2 aromatic carbocycles. The van der Waals surface area contributed by atoms with Crippen molar-refractivity contribution < 1.29 is 22.7 Å². The number of aryl methyl sites for hydroxylation is 1. The number of hydrazine groups is 1. The lowest BCUT2D eigenvalue weighted by molar-refractivity contribution is -0.122. The van der Waals surface area contributed by atoms with Crippen molar-refractivity contribution in [3.05, 3.63) is 58.6 Å². The second-order valence-electron chi connectivity index (χ2n) is 6.98. The molecular weight excluding hydrogens is 454 g/mol. The minimum absolute atomic E-state index is 0.0229. The van der Waals surface area contributed by atoms with Gasteiger partial charge in [0.25, 0.3) is 5.91 Å². The molecule has 0 fully saturated rings. The molecule has 32 heavy (non-hydrogen) atoms. The van der Waals surface area contributed by atoms with Gasteiger partial charge in [-0.15, -0.1) is 0 Å². The standard InChI is InChI=1S/C22H28ClN3O5S/c1-4-26(5-2)32(29,30)19-9-6-8-17(15-19)22(28)25-24-21(27)10-7-13-31-18-11-12-20(23)16(3)14-18/h6,8-9,11-12,14-15H,4-5,7,10,13H2,1-3H3,(H,24,27)(H,25,28). The summed E-state index contributed by atoms with van der Waals surface area (Å²) < 4.78 is 32.1. The van der Waals surface area contributed by atoms with Gasteiger partial charge in [0.2, 0.25) is 15.9 Å². The highest BCUT2D eigenvalue weighted by atomic mass is 35.5. The van der Waals surface area contributed by atoms with Gasteiger partial charge in [-0.2, -0.15) is 4.31 Å². The van der Waals surface area contributed by atoms with Crippen LogP contribution < -0.4 is 15.6 Å². The number of ether oxygens (including phenoxy) is 1. The van der Waals surface area contributed by atoms with Crippen LogP contribution in [0.25, 0.3) is 0 Å². The number of carbonyl (C=O) groups is 2. The van der Waals surface area contributed by atoms with E-state index < -0.39 is 15.9 Å². The Morgan fingerprint density at radius 1 is 1.06 bits per heavy atom. The van der Waals surface area contributed by atoms with E-state index in [2.05, 4.69) is 10.9 Å². The second-order valence-corrected chi connectivity index (χ2v) is 9.33. The van der Waals surface area contributed by atoms with Crippen LogP contribution in [0.3, 0.4) is 0 Å². The van der Waals surface area contributed by atoms with Gasteiger partial charge in [0.05, 0.1) is 11.5 Å². The molecule has 0 radical (unpaired) electrons. The van der Waals surface area contributed by atoms with Crippen LogP contribution in [0, 0.1) is 6.92 Å². The van der Waals surface area contributed by atoms with E-state index in [-0.39, 0.29) is 22.8 Å². The number of nitrogens with one attached hydrogen (secondary N) is 2. The monoisotopic (exact) mass is 481 g/mol. The first-order valence-electron chi connectivity index (χ1n) is 10.3. The summed E-state index contributed by atoms with van der Waals surface area (Å²) in [4.78, 5) is 24.3. The van der Waals surface area contributed by atoms with Crippen LogP contribution in [0.15, 0.2) is 47.4 Å². The molecule has 0 heterocycles. The van der Waals surface area contributed by atoms with Crippen molar-refractivity contribution in [1.82, 2.24) is 15.2 Å². The zero-order valence-electron chi connectivity index (χ0n) is 18.4. The molecule has 0 bridgehead atoms. The van der Waals surface area contributed by atoms with E-state index in [0.717, 1.165) is 5.56 Å². The molecule has 10 heteroatoms. The summed E-state index contributed by atoms with van der Waals surface area (Å²) in [6, 6.07) is 11.0. The normalized spacial score (nSPS) is 11.3. The molecule has 0 aliphatic heterocycles. The molecule has 0 unspecified atom stereocenters. The van der Waals surface area contributed by atoms with Crippen LogP contribution >= 0.6 is 11.6 Å². The van der Waals surface area contributed by atoms with Gasteiger partial charge >= 0.3 is 0 Å². The van der Waals surface area contributed by atoms with Crippen LogP contribution in [0.1, 0.15) is 42.6 Å². The summed E-state index contributed by atoms with van der Waals surface area (Å²) in [5.41, 5.74) is 5.66. The van der Waals surface area contributed by atoms with Crippen molar-refractivity contribution in [1.29, 1.82) is 0 Å². The smallest absolute Gasteiger partial charge is 0.269 e. The molecule has 8 nitrogen and oxygen atoms in total. The SMILES string of the molecule is CCN(CC)S(=O)(=O)c1cccc(C(=O)NNC(=O)CCCOc2ccc(Cl)c(C)c2)c1. The molecule has 2 rings (SSSR count). The maximum atomic E-state index is 12.6. The van der Waals surface area contributed by atoms with Crippen molar-refractivity contribution in [2.45, 2.75) is 38.5 Å². The molecule has 0 aromatic heterocycles. The summed E-state index contributed by atoms with van der Waals surface area (Å²) in [5, 5.41) is 0.656. The molecular formula is C22H28ClN3O5S. The Bertz CT molecular complexity index is 1060. The number of benzene rings is 2. The third-order valence-electron chi connectivity index (χ3n) is 4.70. The van der Waals surface area contributed by atoms with Gasteiger partial charge in [-0.1, -0.05) is 31.5 Å². The Morgan fingerprint density at radius 2 is 1.78 bits per heavy atom. The Morgan fingerprint density at radius 3 is 2.44 bits per heavy atom. The largest absolute Gasteiger partial charge is 0.494 e. The highest BCUT2D eigenvalue weighted by molar-refractivity contribution is 7.89. The average molecular weight is 482 g/mol. The number of sulfonamides is 1. The van der Waals surface area contributed by atoms with Crippen LogP contribution in [-0.2, 0) is 14.8 Å².